The monoisotopic (exact) mass is 552 g/mol. The molecule has 1 aromatic heterocycles. The lowest BCUT2D eigenvalue weighted by molar-refractivity contribution is -0.142. The van der Waals surface area contributed by atoms with Crippen LogP contribution in [0, 0.1) is 0 Å². The van der Waals surface area contributed by atoms with Crippen LogP contribution in [0.15, 0.2) is 65.8 Å². The quantitative estimate of drug-likeness (QED) is 0.398. The fourth-order valence-electron chi connectivity index (χ4n) is 3.37. The molecule has 0 unspecified atom stereocenters. The molecule has 0 saturated carbocycles. The summed E-state index contributed by atoms with van der Waals surface area (Å²) in [6.07, 6.45) is -7.42. The van der Waals surface area contributed by atoms with Gasteiger partial charge < -0.3 is 5.32 Å². The predicted molar refractivity (Wildman–Crippen MR) is 115 cm³/mol. The van der Waals surface area contributed by atoms with Gasteiger partial charge in [-0.15, -0.1) is 0 Å². The van der Waals surface area contributed by atoms with E-state index in [9.17, 15) is 48.3 Å². The highest BCUT2D eigenvalue weighted by Crippen LogP contribution is 2.41. The van der Waals surface area contributed by atoms with Crippen molar-refractivity contribution in [1.29, 1.82) is 0 Å². The second kappa shape index (κ2) is 9.72. The SMILES string of the molecule is CS(=O)(=O)c1cncc(-c2ccc(C(F)(F)CNC(=O)c3ccccc3C(F)(F)F)c(C(F)(F)F)c2)c1. The van der Waals surface area contributed by atoms with E-state index in [1.54, 1.807) is 5.32 Å². The van der Waals surface area contributed by atoms with Gasteiger partial charge in [0.2, 0.25) is 0 Å². The maximum atomic E-state index is 14.9. The Morgan fingerprint density at radius 1 is 0.811 bits per heavy atom. The first-order chi connectivity index (χ1) is 16.9. The number of pyridine rings is 1. The lowest BCUT2D eigenvalue weighted by atomic mass is 9.95. The number of benzene rings is 2. The van der Waals surface area contributed by atoms with Crippen LogP contribution in [0.2, 0.25) is 0 Å². The minimum absolute atomic E-state index is 0.0969. The van der Waals surface area contributed by atoms with Crippen molar-refractivity contribution in [3.63, 3.8) is 0 Å². The smallest absolute Gasteiger partial charge is 0.346 e. The lowest BCUT2D eigenvalue weighted by Crippen LogP contribution is -2.37. The van der Waals surface area contributed by atoms with Gasteiger partial charge in [-0.05, 0) is 29.8 Å². The first-order valence-corrected chi connectivity index (χ1v) is 12.0. The number of carbonyl (C=O) groups is 1. The van der Waals surface area contributed by atoms with Gasteiger partial charge in [0, 0.05) is 29.8 Å². The molecule has 198 valence electrons. The van der Waals surface area contributed by atoms with Gasteiger partial charge in [-0.25, -0.2) is 8.42 Å². The molecule has 2 aromatic carbocycles. The third kappa shape index (κ3) is 6.42. The van der Waals surface area contributed by atoms with Crippen LogP contribution in [-0.2, 0) is 28.1 Å². The standard InChI is InChI=1S/C23H16F8N2O3S/c1-37(35,36)15-8-14(10-32-11-15)13-6-7-18(19(9-13)23(29,30)31)21(24,25)12-33-20(34)16-4-2-3-5-17(16)22(26,27)28/h2-11H,12H2,1H3,(H,33,34). The number of halogens is 8. The fourth-order valence-corrected chi connectivity index (χ4v) is 3.96. The van der Waals surface area contributed by atoms with Gasteiger partial charge in [0.1, 0.15) is 0 Å². The normalized spacial score (nSPS) is 12.9. The topological polar surface area (TPSA) is 76.1 Å². The number of nitrogens with zero attached hydrogens (tertiary/aromatic N) is 1. The fraction of sp³-hybridized carbons (Fsp3) is 0.217. The number of nitrogens with one attached hydrogen (secondary N) is 1. The number of carbonyl (C=O) groups excluding carboxylic acids is 1. The Balaban J connectivity index is 1.96. The number of rotatable bonds is 6. The summed E-state index contributed by atoms with van der Waals surface area (Å²) < 4.78 is 134. The van der Waals surface area contributed by atoms with Crippen LogP contribution in [0.1, 0.15) is 27.0 Å². The van der Waals surface area contributed by atoms with Crippen molar-refractivity contribution < 1.29 is 48.3 Å². The molecular formula is C23H16F8N2O3S. The molecule has 3 aromatic rings. The van der Waals surface area contributed by atoms with E-state index in [4.69, 9.17) is 0 Å². The first kappa shape index (κ1) is 28.0. The van der Waals surface area contributed by atoms with Crippen molar-refractivity contribution in [2.45, 2.75) is 23.2 Å². The minimum atomic E-state index is -5.30. The van der Waals surface area contributed by atoms with E-state index in [-0.39, 0.29) is 16.0 Å². The van der Waals surface area contributed by atoms with E-state index in [0.717, 1.165) is 49.0 Å². The van der Waals surface area contributed by atoms with Crippen LogP contribution in [0.4, 0.5) is 35.1 Å². The van der Waals surface area contributed by atoms with Gasteiger partial charge in [0.25, 0.3) is 11.8 Å². The maximum absolute atomic E-state index is 14.9. The highest BCUT2D eigenvalue weighted by atomic mass is 32.2. The zero-order valence-electron chi connectivity index (χ0n) is 18.6. The number of amides is 1. The minimum Gasteiger partial charge on any atom is -0.346 e. The zero-order valence-corrected chi connectivity index (χ0v) is 19.4. The molecule has 0 spiro atoms. The van der Waals surface area contributed by atoms with E-state index in [1.165, 1.54) is 0 Å². The van der Waals surface area contributed by atoms with Gasteiger partial charge in [-0.2, -0.15) is 35.1 Å². The van der Waals surface area contributed by atoms with Crippen LogP contribution >= 0.6 is 0 Å². The van der Waals surface area contributed by atoms with Gasteiger partial charge in [-0.3, -0.25) is 9.78 Å². The summed E-state index contributed by atoms with van der Waals surface area (Å²) in [5.74, 6) is -5.90. The molecule has 0 saturated heterocycles. The summed E-state index contributed by atoms with van der Waals surface area (Å²) in [4.78, 5) is 15.5. The molecule has 1 heterocycles. The van der Waals surface area contributed by atoms with E-state index < -0.39 is 62.8 Å². The first-order valence-electron chi connectivity index (χ1n) is 10.1. The molecule has 3 rings (SSSR count). The van der Waals surface area contributed by atoms with Crippen molar-refractivity contribution in [1.82, 2.24) is 10.3 Å². The zero-order chi connectivity index (χ0) is 27.8. The molecule has 0 aliphatic rings. The average molecular weight is 552 g/mol. The van der Waals surface area contributed by atoms with Crippen LogP contribution < -0.4 is 5.32 Å². The summed E-state index contributed by atoms with van der Waals surface area (Å²) >= 11 is 0. The summed E-state index contributed by atoms with van der Waals surface area (Å²) in [6.45, 7) is -1.73. The van der Waals surface area contributed by atoms with E-state index >= 15 is 0 Å². The van der Waals surface area contributed by atoms with Gasteiger partial charge in [0.05, 0.1) is 28.1 Å². The molecule has 1 N–H and O–H groups in total. The third-order valence-corrected chi connectivity index (χ3v) is 6.22. The Labute approximate surface area is 205 Å². The van der Waals surface area contributed by atoms with Crippen molar-refractivity contribution in [3.05, 3.63) is 83.2 Å². The van der Waals surface area contributed by atoms with Crippen LogP contribution in [-0.4, -0.2) is 32.1 Å². The molecule has 0 fully saturated rings. The molecule has 5 nitrogen and oxygen atoms in total. The van der Waals surface area contributed by atoms with E-state index in [0.29, 0.717) is 18.2 Å². The Kier molecular flexibility index (Phi) is 7.37. The molecule has 37 heavy (non-hydrogen) atoms. The van der Waals surface area contributed by atoms with Gasteiger partial charge in [0.15, 0.2) is 9.84 Å². The van der Waals surface area contributed by atoms with Gasteiger partial charge in [-0.1, -0.05) is 24.3 Å². The summed E-state index contributed by atoms with van der Waals surface area (Å²) in [5.41, 5.74) is -6.07. The Hall–Kier alpha value is -3.55. The van der Waals surface area contributed by atoms with Crippen LogP contribution in [0.3, 0.4) is 0 Å². The third-order valence-electron chi connectivity index (χ3n) is 5.14. The average Bonchev–Trinajstić information content (AvgIpc) is 2.80. The van der Waals surface area contributed by atoms with Crippen molar-refractivity contribution >= 4 is 15.7 Å². The lowest BCUT2D eigenvalue weighted by Gasteiger charge is -2.23. The highest BCUT2D eigenvalue weighted by Gasteiger charge is 2.43. The largest absolute Gasteiger partial charge is 0.417 e. The number of hydrogen-bond donors (Lipinski definition) is 1. The van der Waals surface area contributed by atoms with Crippen LogP contribution in [0.5, 0.6) is 0 Å². The number of aromatic nitrogens is 1. The van der Waals surface area contributed by atoms with Crippen molar-refractivity contribution in [2.75, 3.05) is 12.8 Å². The molecular weight excluding hydrogens is 536 g/mol. The Morgan fingerprint density at radius 3 is 2.03 bits per heavy atom. The molecule has 0 atom stereocenters. The molecule has 14 heteroatoms. The maximum Gasteiger partial charge on any atom is 0.417 e. The number of hydrogen-bond acceptors (Lipinski definition) is 4. The summed E-state index contributed by atoms with van der Waals surface area (Å²) in [5, 5.41) is 1.57. The molecule has 0 aliphatic carbocycles. The highest BCUT2D eigenvalue weighted by molar-refractivity contribution is 7.90. The second-order valence-corrected chi connectivity index (χ2v) is 9.89. The van der Waals surface area contributed by atoms with Crippen molar-refractivity contribution in [3.8, 4) is 11.1 Å². The molecule has 1 amide bonds. The van der Waals surface area contributed by atoms with Gasteiger partial charge >= 0.3 is 12.4 Å². The summed E-state index contributed by atoms with van der Waals surface area (Å²) in [6, 6.07) is 6.06. The Morgan fingerprint density at radius 2 is 1.43 bits per heavy atom. The molecule has 0 radical (unpaired) electrons. The second-order valence-electron chi connectivity index (χ2n) is 7.87. The molecule has 0 aliphatic heterocycles. The Bertz CT molecular complexity index is 1430. The number of alkyl halides is 8. The van der Waals surface area contributed by atoms with E-state index in [1.807, 2.05) is 0 Å². The number of sulfone groups is 1. The van der Waals surface area contributed by atoms with E-state index in [2.05, 4.69) is 4.98 Å². The molecule has 0 bridgehead atoms. The summed E-state index contributed by atoms with van der Waals surface area (Å²) in [7, 11) is -3.77. The van der Waals surface area contributed by atoms with Crippen LogP contribution in [0.25, 0.3) is 11.1 Å². The van der Waals surface area contributed by atoms with Crippen molar-refractivity contribution in [2.24, 2.45) is 0 Å². The predicted octanol–water partition coefficient (Wildman–Crippen LogP) is 5.71.